The number of esters is 3. The summed E-state index contributed by atoms with van der Waals surface area (Å²) in [7, 11) is 0. The van der Waals surface area contributed by atoms with Crippen molar-refractivity contribution in [3.8, 4) is 0 Å². The first-order valence-electron chi connectivity index (χ1n) is 36.5. The van der Waals surface area contributed by atoms with Crippen molar-refractivity contribution < 1.29 is 28.6 Å². The van der Waals surface area contributed by atoms with Crippen LogP contribution in [0.15, 0.2) is 36.5 Å². The van der Waals surface area contributed by atoms with E-state index >= 15 is 0 Å². The molecule has 0 aliphatic carbocycles. The van der Waals surface area contributed by atoms with Crippen LogP contribution in [0.2, 0.25) is 0 Å². The summed E-state index contributed by atoms with van der Waals surface area (Å²) in [5.74, 6) is -0.837. The standard InChI is InChI=1S/C75H140O6/c1-4-7-10-13-16-19-22-25-28-30-32-34-36-37-39-40-42-44-47-50-53-56-59-62-65-68-74(77)80-71-72(70-79-73(76)67-64-61-58-55-52-49-46-27-24-21-18-15-12-9-6-3)81-75(78)69-66-63-60-57-54-51-48-45-43-41-38-35-33-31-29-26-23-20-17-14-11-8-5-2/h22,25,30,32,36-37,72H,4-21,23-24,26-29,31,33-35,38-71H2,1-3H3/b25-22-,32-30-,37-36-. The van der Waals surface area contributed by atoms with Crippen LogP contribution in [0.3, 0.4) is 0 Å². The van der Waals surface area contributed by atoms with Crippen molar-refractivity contribution in [1.82, 2.24) is 0 Å². The fourth-order valence-corrected chi connectivity index (χ4v) is 11.2. The predicted octanol–water partition coefficient (Wildman–Crippen LogP) is 25.1. The van der Waals surface area contributed by atoms with Gasteiger partial charge in [0.15, 0.2) is 6.10 Å². The molecule has 0 aromatic carbocycles. The fraction of sp³-hybridized carbons (Fsp3) is 0.880. The Labute approximate surface area is 506 Å². The summed E-state index contributed by atoms with van der Waals surface area (Å²) in [6.45, 7) is 6.71. The van der Waals surface area contributed by atoms with Gasteiger partial charge in [0.05, 0.1) is 0 Å². The number of unbranched alkanes of at least 4 members (excludes halogenated alkanes) is 51. The first-order chi connectivity index (χ1) is 40.0. The first kappa shape index (κ1) is 78.6. The Kier molecular flexibility index (Phi) is 68.1. The van der Waals surface area contributed by atoms with E-state index in [4.69, 9.17) is 14.2 Å². The molecule has 0 N–H and O–H groups in total. The number of carbonyl (C=O) groups excluding carboxylic acids is 3. The predicted molar refractivity (Wildman–Crippen MR) is 353 cm³/mol. The summed E-state index contributed by atoms with van der Waals surface area (Å²) >= 11 is 0. The number of rotatable bonds is 68. The van der Waals surface area contributed by atoms with Gasteiger partial charge in [-0.3, -0.25) is 14.4 Å². The van der Waals surface area contributed by atoms with Gasteiger partial charge in [-0.25, -0.2) is 0 Å². The van der Waals surface area contributed by atoms with Crippen molar-refractivity contribution in [1.29, 1.82) is 0 Å². The van der Waals surface area contributed by atoms with Gasteiger partial charge in [-0.15, -0.1) is 0 Å². The number of hydrogen-bond acceptors (Lipinski definition) is 6. The molecule has 0 aliphatic heterocycles. The Bertz CT molecular complexity index is 1350. The van der Waals surface area contributed by atoms with Crippen LogP contribution in [-0.2, 0) is 28.6 Å². The van der Waals surface area contributed by atoms with Crippen LogP contribution in [0, 0.1) is 0 Å². The maximum Gasteiger partial charge on any atom is 0.306 e. The summed E-state index contributed by atoms with van der Waals surface area (Å²) in [6, 6.07) is 0. The lowest BCUT2D eigenvalue weighted by Gasteiger charge is -2.18. The van der Waals surface area contributed by atoms with Gasteiger partial charge in [0.1, 0.15) is 13.2 Å². The monoisotopic (exact) mass is 1140 g/mol. The van der Waals surface area contributed by atoms with E-state index in [1.54, 1.807) is 0 Å². The van der Waals surface area contributed by atoms with E-state index in [1.807, 2.05) is 0 Å². The molecule has 476 valence electrons. The molecule has 0 radical (unpaired) electrons. The second-order valence-electron chi connectivity index (χ2n) is 24.9. The quantitative estimate of drug-likeness (QED) is 0.0261. The molecular weight excluding hydrogens is 997 g/mol. The molecule has 0 bridgehead atoms. The fourth-order valence-electron chi connectivity index (χ4n) is 11.2. The minimum absolute atomic E-state index is 0.0668. The number of carbonyl (C=O) groups is 3. The zero-order chi connectivity index (χ0) is 58.5. The second-order valence-corrected chi connectivity index (χ2v) is 24.9. The van der Waals surface area contributed by atoms with Crippen LogP contribution in [-0.4, -0.2) is 37.2 Å². The average Bonchev–Trinajstić information content (AvgIpc) is 3.47. The molecule has 0 heterocycles. The Hall–Kier alpha value is -2.37. The maximum absolute atomic E-state index is 13.0. The Morgan fingerprint density at radius 3 is 0.691 bits per heavy atom. The summed E-state index contributed by atoms with van der Waals surface area (Å²) in [5, 5.41) is 0. The van der Waals surface area contributed by atoms with Gasteiger partial charge in [0.25, 0.3) is 0 Å². The molecular formula is C75H140O6. The minimum Gasteiger partial charge on any atom is -0.462 e. The molecule has 81 heavy (non-hydrogen) atoms. The Morgan fingerprint density at radius 1 is 0.247 bits per heavy atom. The number of allylic oxidation sites excluding steroid dienone is 6. The molecule has 0 aromatic rings. The van der Waals surface area contributed by atoms with Crippen molar-refractivity contribution in [3.63, 3.8) is 0 Å². The average molecular weight is 1140 g/mol. The Balaban J connectivity index is 4.27. The summed E-state index contributed by atoms with van der Waals surface area (Å²) in [4.78, 5) is 38.5. The lowest BCUT2D eigenvalue weighted by molar-refractivity contribution is -0.167. The van der Waals surface area contributed by atoms with Crippen LogP contribution >= 0.6 is 0 Å². The molecule has 0 amide bonds. The van der Waals surface area contributed by atoms with Crippen molar-refractivity contribution in [2.24, 2.45) is 0 Å². The third-order valence-corrected chi connectivity index (χ3v) is 16.6. The molecule has 0 aromatic heterocycles. The van der Waals surface area contributed by atoms with E-state index in [1.165, 1.54) is 295 Å². The van der Waals surface area contributed by atoms with Gasteiger partial charge in [0, 0.05) is 19.3 Å². The number of ether oxygens (including phenoxy) is 3. The van der Waals surface area contributed by atoms with Crippen LogP contribution in [0.25, 0.3) is 0 Å². The highest BCUT2D eigenvalue weighted by atomic mass is 16.6. The zero-order valence-corrected chi connectivity index (χ0v) is 54.8. The highest BCUT2D eigenvalue weighted by Gasteiger charge is 2.19. The molecule has 6 heteroatoms. The highest BCUT2D eigenvalue weighted by molar-refractivity contribution is 5.71. The molecule has 1 unspecified atom stereocenters. The van der Waals surface area contributed by atoms with Gasteiger partial charge in [-0.2, -0.15) is 0 Å². The molecule has 1 atom stereocenters. The van der Waals surface area contributed by atoms with Crippen molar-refractivity contribution >= 4 is 17.9 Å². The first-order valence-corrected chi connectivity index (χ1v) is 36.5. The highest BCUT2D eigenvalue weighted by Crippen LogP contribution is 2.19. The SMILES string of the molecule is CCCCCCC/C=C\C/C=C\C/C=C\CCCCCCCCCCCCC(=O)OCC(COC(=O)CCCCCCCCCCCCCCCCC)OC(=O)CCCCCCCCCCCCCCCCCCCCCCCCC. The van der Waals surface area contributed by atoms with Crippen molar-refractivity contribution in [3.05, 3.63) is 36.5 Å². The topological polar surface area (TPSA) is 78.9 Å². The second kappa shape index (κ2) is 70.1. The molecule has 0 rings (SSSR count). The molecule has 6 nitrogen and oxygen atoms in total. The normalized spacial score (nSPS) is 12.2. The van der Waals surface area contributed by atoms with E-state index in [0.717, 1.165) is 70.6 Å². The largest absolute Gasteiger partial charge is 0.462 e. The van der Waals surface area contributed by atoms with Gasteiger partial charge in [-0.1, -0.05) is 365 Å². The molecule has 0 saturated heterocycles. The molecule has 0 fully saturated rings. The maximum atomic E-state index is 13.0. The third-order valence-electron chi connectivity index (χ3n) is 16.6. The lowest BCUT2D eigenvalue weighted by atomic mass is 10.0. The van der Waals surface area contributed by atoms with Crippen LogP contribution in [0.5, 0.6) is 0 Å². The van der Waals surface area contributed by atoms with Crippen LogP contribution in [0.1, 0.15) is 406 Å². The van der Waals surface area contributed by atoms with E-state index in [-0.39, 0.29) is 31.1 Å². The van der Waals surface area contributed by atoms with Crippen LogP contribution < -0.4 is 0 Å². The van der Waals surface area contributed by atoms with Gasteiger partial charge >= 0.3 is 17.9 Å². The lowest BCUT2D eigenvalue weighted by Crippen LogP contribution is -2.30. The van der Waals surface area contributed by atoms with Gasteiger partial charge in [-0.05, 0) is 57.8 Å². The van der Waals surface area contributed by atoms with E-state index in [2.05, 4.69) is 57.2 Å². The summed E-state index contributed by atoms with van der Waals surface area (Å²) < 4.78 is 17.0. The smallest absolute Gasteiger partial charge is 0.306 e. The van der Waals surface area contributed by atoms with E-state index in [0.29, 0.717) is 19.3 Å². The Morgan fingerprint density at radius 2 is 0.444 bits per heavy atom. The summed E-state index contributed by atoms with van der Waals surface area (Å²) in [6.07, 6.45) is 87.4. The van der Waals surface area contributed by atoms with Crippen molar-refractivity contribution in [2.45, 2.75) is 412 Å². The summed E-state index contributed by atoms with van der Waals surface area (Å²) in [5.41, 5.74) is 0. The van der Waals surface area contributed by atoms with E-state index < -0.39 is 6.10 Å². The van der Waals surface area contributed by atoms with Gasteiger partial charge < -0.3 is 14.2 Å². The molecule has 0 aliphatic rings. The van der Waals surface area contributed by atoms with Crippen molar-refractivity contribution in [2.75, 3.05) is 13.2 Å². The molecule has 0 saturated carbocycles. The third kappa shape index (κ3) is 68.3. The molecule has 0 spiro atoms. The van der Waals surface area contributed by atoms with Crippen LogP contribution in [0.4, 0.5) is 0 Å². The van der Waals surface area contributed by atoms with Gasteiger partial charge in [0.2, 0.25) is 0 Å². The minimum atomic E-state index is -0.771. The van der Waals surface area contributed by atoms with E-state index in [9.17, 15) is 14.4 Å². The zero-order valence-electron chi connectivity index (χ0n) is 54.8. The number of hydrogen-bond donors (Lipinski definition) is 0.